The molecule has 258 valence electrons. The molecule has 48 heavy (non-hydrogen) atoms. The minimum Gasteiger partial charge on any atom is -0.479 e. The molecule has 5 rings (SSSR count). The largest absolute Gasteiger partial charge is 0.479 e. The van der Waals surface area contributed by atoms with Gasteiger partial charge in [0.05, 0.1) is 27.9 Å². The van der Waals surface area contributed by atoms with Crippen LogP contribution in [0.15, 0.2) is 36.4 Å². The lowest BCUT2D eigenvalue weighted by atomic mass is 9.89. The Labute approximate surface area is 284 Å². The van der Waals surface area contributed by atoms with E-state index >= 15 is 4.39 Å². The molecule has 3 heterocycles. The van der Waals surface area contributed by atoms with Gasteiger partial charge in [-0.2, -0.15) is 4.31 Å². The molecule has 0 bridgehead atoms. The summed E-state index contributed by atoms with van der Waals surface area (Å²) in [5.74, 6) is -5.58. The van der Waals surface area contributed by atoms with Crippen molar-refractivity contribution in [2.45, 2.75) is 44.0 Å². The SMILES string of the molecule is CC1(C)C[C@H](Nc2cccc(-c3sc(C(=O)O)c(OCC(=O)O)c3Cl)c2F)CCN1S(=O)(=O)Cc1ccc(F)c(NC(=O)C2CNC2)c1. The topological polar surface area (TPSA) is 174 Å². The summed E-state index contributed by atoms with van der Waals surface area (Å²) in [6.07, 6.45) is 0.620. The van der Waals surface area contributed by atoms with Gasteiger partial charge in [-0.3, -0.25) is 4.79 Å². The van der Waals surface area contributed by atoms with Crippen molar-refractivity contribution in [3.8, 4) is 16.2 Å². The van der Waals surface area contributed by atoms with Gasteiger partial charge in [0.25, 0.3) is 0 Å². The van der Waals surface area contributed by atoms with Crippen LogP contribution in [0.4, 0.5) is 20.2 Å². The maximum absolute atomic E-state index is 15.9. The van der Waals surface area contributed by atoms with Crippen molar-refractivity contribution in [3.63, 3.8) is 0 Å². The number of aliphatic carboxylic acids is 1. The molecule has 2 aromatic carbocycles. The monoisotopic (exact) mass is 726 g/mol. The number of piperidine rings is 1. The van der Waals surface area contributed by atoms with Gasteiger partial charge in [-0.25, -0.2) is 26.8 Å². The predicted molar refractivity (Wildman–Crippen MR) is 176 cm³/mol. The van der Waals surface area contributed by atoms with E-state index in [1.807, 2.05) is 0 Å². The summed E-state index contributed by atoms with van der Waals surface area (Å²) in [6.45, 7) is 3.76. The smallest absolute Gasteiger partial charge is 0.349 e. The quantitative estimate of drug-likeness (QED) is 0.174. The van der Waals surface area contributed by atoms with Gasteiger partial charge in [0.1, 0.15) is 10.8 Å². The van der Waals surface area contributed by atoms with Crippen molar-refractivity contribution in [1.29, 1.82) is 0 Å². The minimum atomic E-state index is -3.91. The van der Waals surface area contributed by atoms with Gasteiger partial charge >= 0.3 is 11.9 Å². The van der Waals surface area contributed by atoms with Gasteiger partial charge < -0.3 is 30.9 Å². The lowest BCUT2D eigenvalue weighted by Crippen LogP contribution is -2.55. The standard InChI is InChI=1S/C31H33ClF2N4O8S2/c1-31(2)11-18(8-9-38(31)48(44,45)15-16-6-7-20(33)22(10-16)37-29(41)17-12-35-13-17)36-21-5-3-4-19(25(21)34)27-24(32)26(46-14-23(39)40)28(47-27)30(42)43/h3-7,10,17-18,35-36H,8-9,11-15H2,1-2H3,(H,37,41)(H,39,40)(H,42,43)/t18-/m1/s1. The summed E-state index contributed by atoms with van der Waals surface area (Å²) < 4.78 is 64.1. The second-order valence-electron chi connectivity index (χ2n) is 12.2. The van der Waals surface area contributed by atoms with Gasteiger partial charge in [-0.15, -0.1) is 11.3 Å². The number of hydrogen-bond donors (Lipinski definition) is 5. The molecular weight excluding hydrogens is 694 g/mol. The minimum absolute atomic E-state index is 0.0267. The number of hydrogen-bond acceptors (Lipinski definition) is 9. The zero-order chi connectivity index (χ0) is 35.0. The van der Waals surface area contributed by atoms with Gasteiger partial charge in [-0.05, 0) is 50.5 Å². The third-order valence-electron chi connectivity index (χ3n) is 8.17. The highest BCUT2D eigenvalue weighted by Crippen LogP contribution is 2.47. The van der Waals surface area contributed by atoms with Crippen LogP contribution in [0.25, 0.3) is 10.4 Å². The number of ether oxygens (including phenoxy) is 1. The lowest BCUT2D eigenvalue weighted by molar-refractivity contribution is -0.139. The van der Waals surface area contributed by atoms with Crippen LogP contribution in [0.1, 0.15) is 41.9 Å². The normalized spacial score (nSPS) is 18.1. The van der Waals surface area contributed by atoms with E-state index in [1.165, 1.54) is 28.6 Å². The number of nitrogens with one attached hydrogen (secondary N) is 3. The molecule has 17 heteroatoms. The Morgan fingerprint density at radius 3 is 2.50 bits per heavy atom. The number of amides is 1. The number of carboxylic acids is 2. The fourth-order valence-corrected chi connectivity index (χ4v) is 9.17. The van der Waals surface area contributed by atoms with E-state index in [2.05, 4.69) is 16.0 Å². The third-order valence-corrected chi connectivity index (χ3v) is 11.9. The number of aromatic carboxylic acids is 1. The number of thiophene rings is 1. The first-order valence-electron chi connectivity index (χ1n) is 14.8. The number of benzene rings is 2. The molecule has 1 atom stereocenters. The summed E-state index contributed by atoms with van der Waals surface area (Å²) in [6, 6.07) is 7.90. The summed E-state index contributed by atoms with van der Waals surface area (Å²) in [4.78, 5) is 34.7. The number of carboxylic acid groups (broad SMARTS) is 2. The number of carbonyl (C=O) groups excluding carboxylic acids is 1. The summed E-state index contributed by atoms with van der Waals surface area (Å²) in [5.41, 5.74) is -0.624. The molecule has 0 spiro atoms. The number of sulfonamides is 1. The zero-order valence-electron chi connectivity index (χ0n) is 25.8. The molecule has 0 aliphatic carbocycles. The maximum atomic E-state index is 15.9. The Morgan fingerprint density at radius 2 is 1.88 bits per heavy atom. The Morgan fingerprint density at radius 1 is 1.15 bits per heavy atom. The van der Waals surface area contributed by atoms with Crippen LogP contribution in [-0.2, 0) is 25.4 Å². The number of halogens is 3. The van der Waals surface area contributed by atoms with Crippen LogP contribution in [0.5, 0.6) is 5.75 Å². The lowest BCUT2D eigenvalue weighted by Gasteiger charge is -2.45. The molecule has 0 unspecified atom stereocenters. The number of rotatable bonds is 12. The number of anilines is 2. The van der Waals surface area contributed by atoms with Crippen LogP contribution >= 0.6 is 22.9 Å². The molecule has 5 N–H and O–H groups in total. The number of nitrogens with zero attached hydrogens (tertiary/aromatic N) is 1. The first-order valence-corrected chi connectivity index (χ1v) is 17.6. The Kier molecular flexibility index (Phi) is 10.3. The van der Waals surface area contributed by atoms with E-state index in [-0.39, 0.29) is 61.9 Å². The fraction of sp³-hybridized carbons (Fsp3) is 0.387. The first kappa shape index (κ1) is 35.5. The molecule has 2 saturated heterocycles. The molecule has 1 amide bonds. The first-order chi connectivity index (χ1) is 22.6. The fourth-order valence-electron chi connectivity index (χ4n) is 5.79. The highest BCUT2D eigenvalue weighted by Gasteiger charge is 2.42. The summed E-state index contributed by atoms with van der Waals surface area (Å²) in [5, 5.41) is 27.0. The van der Waals surface area contributed by atoms with Crippen LogP contribution in [-0.4, -0.2) is 78.6 Å². The molecular formula is C31H33ClF2N4O8S2. The molecule has 2 aliphatic rings. The second-order valence-corrected chi connectivity index (χ2v) is 15.5. The van der Waals surface area contributed by atoms with Gasteiger partial charge in [0.2, 0.25) is 15.9 Å². The molecule has 0 saturated carbocycles. The van der Waals surface area contributed by atoms with Crippen LogP contribution < -0.4 is 20.7 Å². The highest BCUT2D eigenvalue weighted by atomic mass is 35.5. The maximum Gasteiger partial charge on any atom is 0.349 e. The Bertz CT molecular complexity index is 1870. The van der Waals surface area contributed by atoms with Crippen molar-refractivity contribution in [2.24, 2.45) is 5.92 Å². The van der Waals surface area contributed by atoms with E-state index < -0.39 is 51.5 Å². The summed E-state index contributed by atoms with van der Waals surface area (Å²) >= 11 is 7.01. The third kappa shape index (κ3) is 7.57. The highest BCUT2D eigenvalue weighted by molar-refractivity contribution is 7.88. The molecule has 2 fully saturated rings. The average Bonchev–Trinajstić information content (AvgIpc) is 3.29. The molecule has 3 aromatic rings. The van der Waals surface area contributed by atoms with Crippen LogP contribution in [0.3, 0.4) is 0 Å². The van der Waals surface area contributed by atoms with E-state index in [4.69, 9.17) is 21.4 Å². The van der Waals surface area contributed by atoms with Crippen molar-refractivity contribution in [2.75, 3.05) is 36.9 Å². The van der Waals surface area contributed by atoms with Crippen LogP contribution in [0.2, 0.25) is 5.02 Å². The van der Waals surface area contributed by atoms with E-state index in [0.29, 0.717) is 42.8 Å². The molecule has 2 aliphatic heterocycles. The molecule has 12 nitrogen and oxygen atoms in total. The van der Waals surface area contributed by atoms with Crippen molar-refractivity contribution < 1.29 is 46.5 Å². The Balaban J connectivity index is 1.29. The Hall–Kier alpha value is -3.83. The van der Waals surface area contributed by atoms with Crippen molar-refractivity contribution >= 4 is 62.2 Å². The number of carbonyl (C=O) groups is 3. The van der Waals surface area contributed by atoms with Gasteiger partial charge in [0, 0.05) is 36.8 Å². The molecule has 1 aromatic heterocycles. The molecule has 0 radical (unpaired) electrons. The van der Waals surface area contributed by atoms with E-state index in [0.717, 1.165) is 6.07 Å². The van der Waals surface area contributed by atoms with E-state index in [1.54, 1.807) is 19.9 Å². The summed E-state index contributed by atoms with van der Waals surface area (Å²) in [7, 11) is -3.91. The predicted octanol–water partition coefficient (Wildman–Crippen LogP) is 4.85. The second kappa shape index (κ2) is 14.0. The zero-order valence-corrected chi connectivity index (χ0v) is 28.2. The van der Waals surface area contributed by atoms with Crippen molar-refractivity contribution in [3.05, 3.63) is 63.5 Å². The van der Waals surface area contributed by atoms with Gasteiger partial charge in [0.15, 0.2) is 23.1 Å². The van der Waals surface area contributed by atoms with Crippen molar-refractivity contribution in [1.82, 2.24) is 9.62 Å². The van der Waals surface area contributed by atoms with Gasteiger partial charge in [-0.1, -0.05) is 29.8 Å². The van der Waals surface area contributed by atoms with Crippen LogP contribution in [0, 0.1) is 17.6 Å². The van der Waals surface area contributed by atoms with E-state index in [9.17, 15) is 32.3 Å². The average molecular weight is 727 g/mol.